The van der Waals surface area contributed by atoms with E-state index in [1.165, 1.54) is 101 Å². The highest BCUT2D eigenvalue weighted by Crippen LogP contribution is 2.62. The Labute approximate surface area is 663 Å². The molecule has 27 fully saturated rings. The molecule has 27 aliphatic rings. The number of hydrogen-bond acceptors (Lipinski definition) is 18. The predicted molar refractivity (Wildman–Crippen MR) is 435 cm³/mol. The van der Waals surface area contributed by atoms with Crippen LogP contribution in [0.1, 0.15) is 311 Å². The standard InChI is InChI=1S/C9H12O.C9H14.C8H13N.C8H10O3S.C8H12O.C7H11NO.2C7H10O3S.C6H8O4S.9C2H6/c10-9-4-6-1-5-2-7(6)8(9)3-5;1-2-8-4-6-3-7(1)9(8)5-6;1-5-2-7-6(1)4-9-8(7)3-5;9-7-2-4-1-5-3-6(7)8(4)12(5,10)11;1-2-6-4-7-3-5(1)8(6)9-7;1-4-3-8-6-2-5(1)9-7(4)6;2*8-11(9)7-3-4-1-5(7)6(2-4)10-11;7-11(8)5-2-3-1-4(10-11)6(5)9-3;9*1-2/h5-8H,1-4H2;6-9H,1-5H2;5-9H,1-4H2;4-6,8H,1-3H2;5-8H,1-4H2;4-8H,1-3H2;2*4-7H,1-3H2;3-6H,1-2H2;9*1-2H3. The van der Waals surface area contributed by atoms with Gasteiger partial charge in [0, 0.05) is 67.5 Å². The van der Waals surface area contributed by atoms with Gasteiger partial charge in [-0.2, -0.15) is 25.3 Å². The molecule has 27 rings (SSSR count). The molecule has 632 valence electrons. The predicted octanol–water partition coefficient (Wildman–Crippen LogP) is 16.8. The summed E-state index contributed by atoms with van der Waals surface area (Å²) >= 11 is 0. The number of ether oxygens (including phenoxy) is 3. The average molecular weight is 1610 g/mol. The maximum absolute atomic E-state index is 11.6. The Morgan fingerprint density at radius 3 is 1.12 bits per heavy atom. The van der Waals surface area contributed by atoms with Gasteiger partial charge in [0.2, 0.25) is 0 Å². The molecule has 0 aromatic rings. The molecule has 0 amide bonds. The molecule has 13 saturated heterocycles. The minimum atomic E-state index is -3.26. The van der Waals surface area contributed by atoms with E-state index in [1.807, 2.05) is 125 Å². The van der Waals surface area contributed by atoms with E-state index in [2.05, 4.69) is 10.6 Å². The van der Waals surface area contributed by atoms with E-state index in [4.69, 9.17) is 26.8 Å². The maximum Gasteiger partial charge on any atom is 0.273 e. The summed E-state index contributed by atoms with van der Waals surface area (Å²) in [6.45, 7) is 38.6. The van der Waals surface area contributed by atoms with Crippen molar-refractivity contribution >= 4 is 51.8 Å². The minimum Gasteiger partial charge on any atom is -0.374 e. The fourth-order valence-corrected chi connectivity index (χ4v) is 35.8. The molecule has 14 aliphatic carbocycles. The zero-order valence-corrected chi connectivity index (χ0v) is 74.1. The minimum absolute atomic E-state index is 0.0590. The van der Waals surface area contributed by atoms with Crippen LogP contribution in [0.2, 0.25) is 0 Å². The van der Waals surface area contributed by atoms with Crippen molar-refractivity contribution in [3.8, 4) is 0 Å². The van der Waals surface area contributed by atoms with Crippen LogP contribution in [0.25, 0.3) is 0 Å². The molecular formula is C87H154N2O16S4. The lowest BCUT2D eigenvalue weighted by Gasteiger charge is -2.16. The second-order valence-corrected chi connectivity index (χ2v) is 43.0. The largest absolute Gasteiger partial charge is 0.374 e. The average Bonchev–Trinajstić information content (AvgIpc) is 1.55. The van der Waals surface area contributed by atoms with Crippen molar-refractivity contribution in [3.05, 3.63) is 0 Å². The summed E-state index contributed by atoms with van der Waals surface area (Å²) in [5.41, 5.74) is 0. The molecular weight excluding hydrogens is 1460 g/mol. The van der Waals surface area contributed by atoms with Gasteiger partial charge in [-0.3, -0.25) is 22.1 Å². The lowest BCUT2D eigenvalue weighted by molar-refractivity contribution is -0.121. The number of nitrogens with one attached hydrogen (secondary N) is 2. The van der Waals surface area contributed by atoms with Gasteiger partial charge in [-0.1, -0.05) is 125 Å². The molecule has 0 spiro atoms. The normalized spacial score (nSPS) is 49.1. The first kappa shape index (κ1) is 90.2. The second-order valence-electron chi connectivity index (χ2n) is 35.2. The molecule has 18 bridgehead atoms. The highest BCUT2D eigenvalue weighted by Gasteiger charge is 2.65. The van der Waals surface area contributed by atoms with Gasteiger partial charge in [0.1, 0.15) is 29.0 Å². The molecule has 14 saturated carbocycles. The van der Waals surface area contributed by atoms with Gasteiger partial charge < -0.3 is 24.8 Å². The van der Waals surface area contributed by atoms with Crippen LogP contribution >= 0.6 is 0 Å². The fourth-order valence-electron chi connectivity index (χ4n) is 27.3. The van der Waals surface area contributed by atoms with Crippen molar-refractivity contribution in [2.45, 2.75) is 404 Å². The van der Waals surface area contributed by atoms with Crippen molar-refractivity contribution < 1.29 is 70.0 Å². The van der Waals surface area contributed by atoms with Crippen LogP contribution in [-0.4, -0.2) is 152 Å². The third kappa shape index (κ3) is 17.9. The summed E-state index contributed by atoms with van der Waals surface area (Å²) in [5, 5.41) is 6.04. The summed E-state index contributed by atoms with van der Waals surface area (Å²) in [6.07, 6.45) is 37.7. The zero-order valence-electron chi connectivity index (χ0n) is 70.9. The van der Waals surface area contributed by atoms with E-state index in [9.17, 15) is 43.3 Å². The number of Topliss-reactive ketones (excluding diaryl/α,β-unsaturated/α-hetero) is 2. The van der Waals surface area contributed by atoms with Gasteiger partial charge in [-0.15, -0.1) is 0 Å². The topological polar surface area (TPSA) is 250 Å². The van der Waals surface area contributed by atoms with Crippen molar-refractivity contribution in [2.24, 2.45) is 118 Å². The summed E-state index contributed by atoms with van der Waals surface area (Å²) in [7, 11) is -12.4. The highest BCUT2D eigenvalue weighted by molar-refractivity contribution is 7.93. The van der Waals surface area contributed by atoms with Gasteiger partial charge >= 0.3 is 0 Å². The third-order valence-electron chi connectivity index (χ3n) is 30.7. The van der Waals surface area contributed by atoms with Crippen LogP contribution in [-0.2, 0) is 76.5 Å². The molecule has 109 heavy (non-hydrogen) atoms. The molecule has 2 N–H and O–H groups in total. The van der Waals surface area contributed by atoms with Gasteiger partial charge in [0.25, 0.3) is 30.4 Å². The van der Waals surface area contributed by atoms with E-state index in [0.29, 0.717) is 72.9 Å². The Bertz CT molecular complexity index is 3040. The molecule has 0 aromatic carbocycles. The lowest BCUT2D eigenvalue weighted by atomic mass is 9.89. The van der Waals surface area contributed by atoms with Crippen LogP contribution in [0.3, 0.4) is 0 Å². The number of fused-ring (bicyclic) bond motifs is 9. The van der Waals surface area contributed by atoms with Crippen molar-refractivity contribution in [1.29, 1.82) is 0 Å². The second kappa shape index (κ2) is 38.7. The van der Waals surface area contributed by atoms with Crippen molar-refractivity contribution in [1.82, 2.24) is 10.6 Å². The van der Waals surface area contributed by atoms with Crippen LogP contribution < -0.4 is 10.6 Å². The Morgan fingerprint density at radius 1 is 0.294 bits per heavy atom. The molecule has 13 aliphatic heterocycles. The number of ketones is 2. The number of carbonyl (C=O) groups is 2. The summed E-state index contributed by atoms with van der Waals surface area (Å²) in [4.78, 5) is 22.6. The van der Waals surface area contributed by atoms with Gasteiger partial charge in [0.15, 0.2) is 9.84 Å². The number of sulfone groups is 1. The van der Waals surface area contributed by atoms with E-state index < -0.39 is 40.2 Å². The summed E-state index contributed by atoms with van der Waals surface area (Å²) in [5.74, 6) is 17.0. The molecule has 13 heterocycles. The first-order valence-corrected chi connectivity index (χ1v) is 52.2. The van der Waals surface area contributed by atoms with E-state index in [-0.39, 0.29) is 74.4 Å². The smallest absolute Gasteiger partial charge is 0.273 e. The Balaban J connectivity index is 0.000000127. The van der Waals surface area contributed by atoms with Crippen LogP contribution in [0.4, 0.5) is 0 Å². The summed E-state index contributed by atoms with van der Waals surface area (Å²) < 4.78 is 122. The number of carbonyl (C=O) groups excluding carboxylic acids is 2. The first-order chi connectivity index (χ1) is 52.7. The SMILES string of the molecule is C1CC2CC3CC1C2C3.C1CC2CC3CC1C2O3.C1NC2CC3CC1C2C3.C1NC2CC3CC1C2O3.CC.CC.CC.CC.CC.CC.CC.CC.CC.O=C1CC2CC3CC1C2C3.O=C1CC2CC3CC1C2S3(=O)=O.O=S1(=O)OC2CC3CC1C2O3.O=S1(=O)OC2CC3CC2C1C3.O=S1(=O)OC2CC3CC2C1C3. The van der Waals surface area contributed by atoms with E-state index in [0.717, 1.165) is 129 Å². The zero-order chi connectivity index (χ0) is 79.5. The van der Waals surface area contributed by atoms with Gasteiger partial charge in [-0.05, 0) is 262 Å². The van der Waals surface area contributed by atoms with Crippen molar-refractivity contribution in [2.75, 3.05) is 13.1 Å². The molecule has 32 unspecified atom stereocenters. The van der Waals surface area contributed by atoms with Gasteiger partial charge in [0.05, 0.1) is 63.7 Å². The molecule has 22 heteroatoms. The van der Waals surface area contributed by atoms with Crippen LogP contribution in [0.5, 0.6) is 0 Å². The Hall–Kier alpha value is -1.18. The monoisotopic (exact) mass is 1610 g/mol. The first-order valence-electron chi connectivity index (χ1n) is 46.2. The highest BCUT2D eigenvalue weighted by atomic mass is 32.2. The molecule has 0 radical (unpaired) electrons. The number of hydrogen-bond donors (Lipinski definition) is 2. The third-order valence-corrected chi connectivity index (χ3v) is 38.8. The van der Waals surface area contributed by atoms with Gasteiger partial charge in [-0.25, -0.2) is 8.42 Å². The maximum atomic E-state index is 11.6. The van der Waals surface area contributed by atoms with Crippen molar-refractivity contribution in [3.63, 3.8) is 0 Å². The molecule has 32 atom stereocenters. The molecule has 18 nitrogen and oxygen atoms in total. The van der Waals surface area contributed by atoms with Crippen LogP contribution in [0, 0.1) is 118 Å². The number of rotatable bonds is 0. The molecule has 0 aromatic heterocycles. The Kier molecular flexibility index (Phi) is 32.0. The Morgan fingerprint density at radius 2 is 0.716 bits per heavy atom. The van der Waals surface area contributed by atoms with E-state index >= 15 is 0 Å². The van der Waals surface area contributed by atoms with Crippen LogP contribution in [0.15, 0.2) is 0 Å². The van der Waals surface area contributed by atoms with E-state index in [1.54, 1.807) is 44.9 Å². The lowest BCUT2D eigenvalue weighted by Crippen LogP contribution is -2.27. The summed E-state index contributed by atoms with van der Waals surface area (Å²) in [6, 6.07) is 1.68. The quantitative estimate of drug-likeness (QED) is 0.214. The fraction of sp³-hybridized carbons (Fsp3) is 0.977.